The third kappa shape index (κ3) is 11.2. The van der Waals surface area contributed by atoms with Crippen LogP contribution in [0.3, 0.4) is 0 Å². The minimum atomic E-state index is -7.44. The van der Waals surface area contributed by atoms with Gasteiger partial charge in [-0.2, -0.15) is 47.9 Å². The van der Waals surface area contributed by atoms with E-state index in [-0.39, 0.29) is 22.3 Å². The van der Waals surface area contributed by atoms with Crippen molar-refractivity contribution in [3.8, 4) is 102 Å². The normalized spacial score (nSPS) is 12.2. The van der Waals surface area contributed by atoms with Gasteiger partial charge in [-0.25, -0.2) is 29.9 Å². The van der Waals surface area contributed by atoms with Crippen molar-refractivity contribution in [1.82, 2.24) is 29.9 Å². The number of benzene rings is 10. The summed E-state index contributed by atoms with van der Waals surface area (Å²) in [4.78, 5) is 28.4. The largest absolute Gasteiger partial charge is 0.507 e. The lowest BCUT2D eigenvalue weighted by Crippen LogP contribution is -2.63. The fourth-order valence-corrected chi connectivity index (χ4v) is 10.3. The molecule has 0 unspecified atom stereocenters. The van der Waals surface area contributed by atoms with Gasteiger partial charge in [0, 0.05) is 44.2 Å². The maximum absolute atomic E-state index is 14.5. The summed E-state index contributed by atoms with van der Waals surface area (Å²) in [5.41, 5.74) is 7.53. The molecule has 12 rings (SSSR count). The van der Waals surface area contributed by atoms with Crippen LogP contribution in [0.2, 0.25) is 0 Å². The molecule has 1 N–H and O–H groups in total. The molecule has 20 heteroatoms. The zero-order valence-electron chi connectivity index (χ0n) is 44.3. The van der Waals surface area contributed by atoms with E-state index in [2.05, 4.69) is 31.3 Å². The molecule has 0 fully saturated rings. The Balaban J connectivity index is 0.000000191. The number of halogens is 9. The number of aromatic hydroxyl groups is 1. The van der Waals surface area contributed by atoms with Gasteiger partial charge in [0.2, 0.25) is 0 Å². The lowest BCUT2D eigenvalue weighted by atomic mass is 9.96. The Morgan fingerprint density at radius 1 is 0.314 bits per heavy atom. The molecule has 428 valence electrons. The number of hydrogen-bond acceptors (Lipinski definition) is 10. The molecule has 0 amide bonds. The first-order chi connectivity index (χ1) is 41.2. The molecule has 0 radical (unpaired) electrons. The van der Waals surface area contributed by atoms with Crippen molar-refractivity contribution in [2.24, 2.45) is 0 Å². The van der Waals surface area contributed by atoms with E-state index in [9.17, 15) is 53.0 Å². The van der Waals surface area contributed by atoms with Crippen molar-refractivity contribution in [3.05, 3.63) is 243 Å². The van der Waals surface area contributed by atoms with E-state index < -0.39 is 39.1 Å². The first kappa shape index (κ1) is 57.5. The minimum Gasteiger partial charge on any atom is -0.507 e. The SMILES string of the molecule is O=S(=O)(Oc1ccc(-c2cccc(-c3nc(-c4ccccc4)nc(-c4ccccc4)n3)c2)c2ccccc12)C(F)(F)C(F)(F)C(F)(F)C(F)(F)F.Oc1ccc(-c2cccc(-c3nc(-c4ccccc4)nc(-c4ccccc4)n3)c2)c2ccccc12. The van der Waals surface area contributed by atoms with Crippen LogP contribution in [-0.4, -0.2) is 66.7 Å². The lowest BCUT2D eigenvalue weighted by molar-refractivity contribution is -0.382. The van der Waals surface area contributed by atoms with Crippen LogP contribution in [0.4, 0.5) is 39.5 Å². The highest BCUT2D eigenvalue weighted by atomic mass is 32.2. The standard InChI is InChI=1S/C35H20F9N3O3S.C31H21N3O/c36-32(37,34(40,41)42)33(38,39)35(43,44)51(48,49)50-28-19-18-25(26-16-7-8-17-27(26)28)23-14-9-15-24(20-23)31-46-29(21-10-3-1-4-11-21)45-30(47-31)22-12-5-2-6-13-22;35-28-19-18-25(26-16-7-8-17-27(26)28)23-14-9-15-24(20-23)31-33-29(21-10-3-1-4-11-21)32-30(34-31)22-12-5-2-6-13-22/h1-20H;1-20,35H. The summed E-state index contributed by atoms with van der Waals surface area (Å²) in [6.45, 7) is 0. The molecule has 2 heterocycles. The van der Waals surface area contributed by atoms with Crippen molar-refractivity contribution in [3.63, 3.8) is 0 Å². The second kappa shape index (κ2) is 23.0. The van der Waals surface area contributed by atoms with E-state index in [4.69, 9.17) is 15.0 Å². The summed E-state index contributed by atoms with van der Waals surface area (Å²) in [6, 6.07) is 71.8. The molecule has 0 aliphatic carbocycles. The van der Waals surface area contributed by atoms with E-state index >= 15 is 0 Å². The van der Waals surface area contributed by atoms with Gasteiger partial charge < -0.3 is 9.29 Å². The summed E-state index contributed by atoms with van der Waals surface area (Å²) < 4.78 is 150. The Morgan fingerprint density at radius 2 is 0.616 bits per heavy atom. The van der Waals surface area contributed by atoms with Crippen LogP contribution in [0.15, 0.2) is 243 Å². The van der Waals surface area contributed by atoms with Gasteiger partial charge in [0.15, 0.2) is 40.7 Å². The summed E-state index contributed by atoms with van der Waals surface area (Å²) >= 11 is 0. The summed E-state index contributed by atoms with van der Waals surface area (Å²) in [7, 11) is -7.17. The first-order valence-corrected chi connectivity index (χ1v) is 27.4. The first-order valence-electron chi connectivity index (χ1n) is 26.0. The van der Waals surface area contributed by atoms with Gasteiger partial charge >= 0.3 is 33.4 Å². The van der Waals surface area contributed by atoms with Crippen LogP contribution in [-0.2, 0) is 10.1 Å². The van der Waals surface area contributed by atoms with E-state index in [1.165, 1.54) is 24.3 Å². The average Bonchev–Trinajstić information content (AvgIpc) is 0.874. The van der Waals surface area contributed by atoms with Crippen LogP contribution in [0.1, 0.15) is 0 Å². The van der Waals surface area contributed by atoms with Crippen molar-refractivity contribution < 1.29 is 57.2 Å². The number of phenolic OH excluding ortho intramolecular Hbond substituents is 1. The molecule has 2 aromatic heterocycles. The number of phenols is 1. The molecule has 10 nitrogen and oxygen atoms in total. The molecule has 12 aromatic rings. The van der Waals surface area contributed by atoms with E-state index in [1.807, 2.05) is 164 Å². The summed E-state index contributed by atoms with van der Waals surface area (Å²) in [6.07, 6.45) is -7.22. The maximum atomic E-state index is 14.5. The number of rotatable bonds is 13. The van der Waals surface area contributed by atoms with Crippen molar-refractivity contribution in [2.75, 3.05) is 0 Å². The predicted molar refractivity (Wildman–Crippen MR) is 310 cm³/mol. The lowest BCUT2D eigenvalue weighted by Gasteiger charge is -2.32. The zero-order valence-corrected chi connectivity index (χ0v) is 45.1. The highest BCUT2D eigenvalue weighted by molar-refractivity contribution is 7.88. The predicted octanol–water partition coefficient (Wildman–Crippen LogP) is 17.2. The fraction of sp³-hybridized carbons (Fsp3) is 0.0606. The van der Waals surface area contributed by atoms with Gasteiger partial charge in [-0.1, -0.05) is 212 Å². The van der Waals surface area contributed by atoms with Crippen LogP contribution in [0, 0.1) is 0 Å². The number of nitrogens with zero attached hydrogens (tertiary/aromatic N) is 6. The van der Waals surface area contributed by atoms with Gasteiger partial charge in [0.25, 0.3) is 0 Å². The molecule has 0 bridgehead atoms. The van der Waals surface area contributed by atoms with E-state index in [0.717, 1.165) is 50.7 Å². The summed E-state index contributed by atoms with van der Waals surface area (Å²) in [5.74, 6) is -12.7. The van der Waals surface area contributed by atoms with Crippen LogP contribution >= 0.6 is 0 Å². The molecule has 0 aliphatic heterocycles. The van der Waals surface area contributed by atoms with Gasteiger partial charge in [0.05, 0.1) is 0 Å². The maximum Gasteiger partial charge on any atom is 0.460 e. The van der Waals surface area contributed by atoms with E-state index in [1.54, 1.807) is 30.3 Å². The molecule has 86 heavy (non-hydrogen) atoms. The van der Waals surface area contributed by atoms with Crippen molar-refractivity contribution in [2.45, 2.75) is 23.3 Å². The molecular formula is C66H41F9N6O4S. The van der Waals surface area contributed by atoms with Gasteiger partial charge in [-0.3, -0.25) is 0 Å². The molecule has 0 spiro atoms. The second-order valence-corrected chi connectivity index (χ2v) is 20.9. The quantitative estimate of drug-likeness (QED) is 0.0876. The third-order valence-corrected chi connectivity index (χ3v) is 15.0. The van der Waals surface area contributed by atoms with Crippen LogP contribution in [0.5, 0.6) is 11.5 Å². The Hall–Kier alpha value is -10.3. The zero-order chi connectivity index (χ0) is 60.4. The Morgan fingerprint density at radius 3 is 1.00 bits per heavy atom. The van der Waals surface area contributed by atoms with Crippen LogP contribution < -0.4 is 4.18 Å². The van der Waals surface area contributed by atoms with E-state index in [0.29, 0.717) is 56.9 Å². The van der Waals surface area contributed by atoms with Gasteiger partial charge in [-0.15, -0.1) is 0 Å². The minimum absolute atomic E-state index is 0.114. The van der Waals surface area contributed by atoms with Crippen molar-refractivity contribution >= 4 is 31.7 Å². The monoisotopic (exact) mass is 1180 g/mol. The number of aromatic nitrogens is 6. The Labute approximate surface area is 484 Å². The molecule has 0 atom stereocenters. The molecular weight excluding hydrogens is 1140 g/mol. The van der Waals surface area contributed by atoms with Gasteiger partial charge in [-0.05, 0) is 63.4 Å². The van der Waals surface area contributed by atoms with Gasteiger partial charge in [0.1, 0.15) is 5.75 Å². The molecule has 0 saturated carbocycles. The third-order valence-electron chi connectivity index (χ3n) is 13.7. The topological polar surface area (TPSA) is 141 Å². The fourth-order valence-electron chi connectivity index (χ4n) is 9.35. The molecule has 0 saturated heterocycles. The van der Waals surface area contributed by atoms with Crippen LogP contribution in [0.25, 0.3) is 112 Å². The number of alkyl halides is 9. The number of fused-ring (bicyclic) bond motifs is 2. The smallest absolute Gasteiger partial charge is 0.460 e. The highest BCUT2D eigenvalue weighted by Gasteiger charge is 2.86. The Bertz CT molecular complexity index is 4460. The Kier molecular flexibility index (Phi) is 15.4. The molecule has 10 aromatic carbocycles. The average molecular weight is 1190 g/mol. The second-order valence-electron chi connectivity index (χ2n) is 19.3. The number of hydrogen-bond donors (Lipinski definition) is 1. The van der Waals surface area contributed by atoms with Crippen molar-refractivity contribution in [1.29, 1.82) is 0 Å². The summed E-state index contributed by atoms with van der Waals surface area (Å²) in [5, 5.41) is 4.97. The highest BCUT2D eigenvalue weighted by Crippen LogP contribution is 2.55. The molecule has 0 aliphatic rings.